The summed E-state index contributed by atoms with van der Waals surface area (Å²) in [5.41, 5.74) is 1.91. The number of aromatic amines is 1. The van der Waals surface area contributed by atoms with E-state index in [0.29, 0.717) is 12.2 Å². The average Bonchev–Trinajstić information content (AvgIpc) is 2.98. The molecule has 0 radical (unpaired) electrons. The summed E-state index contributed by atoms with van der Waals surface area (Å²) in [6, 6.07) is 7.79. The van der Waals surface area contributed by atoms with Crippen LogP contribution in [-0.2, 0) is 4.79 Å². The molecule has 1 aliphatic heterocycles. The Hall–Kier alpha value is -2.17. The van der Waals surface area contributed by atoms with Crippen molar-refractivity contribution in [1.29, 1.82) is 0 Å². The van der Waals surface area contributed by atoms with Gasteiger partial charge >= 0.3 is 0 Å². The monoisotopic (exact) mass is 242 g/mol. The van der Waals surface area contributed by atoms with Gasteiger partial charge in [-0.15, -0.1) is 0 Å². The molecule has 1 N–H and O–H groups in total. The van der Waals surface area contributed by atoms with Crippen LogP contribution in [-0.4, -0.2) is 27.6 Å². The van der Waals surface area contributed by atoms with Gasteiger partial charge in [-0.1, -0.05) is 0 Å². The van der Waals surface area contributed by atoms with Crippen molar-refractivity contribution in [3.8, 4) is 11.4 Å². The van der Waals surface area contributed by atoms with Crippen molar-refractivity contribution in [3.05, 3.63) is 30.1 Å². The molecule has 1 fully saturated rings. The van der Waals surface area contributed by atoms with Gasteiger partial charge < -0.3 is 4.90 Å². The number of benzene rings is 1. The predicted octanol–water partition coefficient (Wildman–Crippen LogP) is 1.91. The van der Waals surface area contributed by atoms with Crippen LogP contribution in [0.25, 0.3) is 11.4 Å². The quantitative estimate of drug-likeness (QED) is 0.875. The van der Waals surface area contributed by atoms with E-state index in [1.54, 1.807) is 0 Å². The van der Waals surface area contributed by atoms with Crippen molar-refractivity contribution >= 4 is 11.6 Å². The number of amides is 1. The van der Waals surface area contributed by atoms with Crippen molar-refractivity contribution in [2.24, 2.45) is 0 Å². The van der Waals surface area contributed by atoms with Gasteiger partial charge in [0.1, 0.15) is 5.82 Å². The van der Waals surface area contributed by atoms with Gasteiger partial charge in [0.15, 0.2) is 5.82 Å². The second kappa shape index (κ2) is 4.25. The van der Waals surface area contributed by atoms with Crippen LogP contribution in [0.3, 0.4) is 0 Å². The van der Waals surface area contributed by atoms with Gasteiger partial charge in [-0.3, -0.25) is 9.89 Å². The third-order valence-corrected chi connectivity index (χ3v) is 3.11. The average molecular weight is 242 g/mol. The third-order valence-electron chi connectivity index (χ3n) is 3.11. The zero-order chi connectivity index (χ0) is 12.5. The number of carbonyl (C=O) groups excluding carboxylic acids is 1. The lowest BCUT2D eigenvalue weighted by atomic mass is 10.2. The van der Waals surface area contributed by atoms with Crippen molar-refractivity contribution < 1.29 is 4.79 Å². The van der Waals surface area contributed by atoms with Crippen molar-refractivity contribution in [3.63, 3.8) is 0 Å². The summed E-state index contributed by atoms with van der Waals surface area (Å²) in [5, 5.41) is 6.93. The zero-order valence-electron chi connectivity index (χ0n) is 10.2. The van der Waals surface area contributed by atoms with E-state index in [1.165, 1.54) is 0 Å². The molecule has 92 valence electrons. The van der Waals surface area contributed by atoms with Gasteiger partial charge in [0.25, 0.3) is 0 Å². The Bertz CT molecular complexity index is 573. The Morgan fingerprint density at radius 1 is 1.28 bits per heavy atom. The number of hydrogen-bond acceptors (Lipinski definition) is 3. The highest BCUT2D eigenvalue weighted by Gasteiger charge is 2.21. The summed E-state index contributed by atoms with van der Waals surface area (Å²) in [6.07, 6.45) is 1.60. The molecule has 0 spiro atoms. The second-order valence-corrected chi connectivity index (χ2v) is 4.44. The van der Waals surface area contributed by atoms with Crippen LogP contribution < -0.4 is 4.90 Å². The second-order valence-electron chi connectivity index (χ2n) is 4.44. The molecule has 5 nitrogen and oxygen atoms in total. The molecule has 0 saturated carbocycles. The van der Waals surface area contributed by atoms with Crippen LogP contribution in [0.15, 0.2) is 24.3 Å². The molecule has 18 heavy (non-hydrogen) atoms. The molecule has 5 heteroatoms. The number of nitrogens with zero attached hydrogens (tertiary/aromatic N) is 3. The first kappa shape index (κ1) is 11.0. The Labute approximate surface area is 105 Å². The minimum Gasteiger partial charge on any atom is -0.312 e. The molecular formula is C13H14N4O. The van der Waals surface area contributed by atoms with Gasteiger partial charge in [0.05, 0.1) is 0 Å². The first-order chi connectivity index (χ1) is 8.74. The molecule has 1 amide bonds. The third kappa shape index (κ3) is 1.88. The highest BCUT2D eigenvalue weighted by Crippen LogP contribution is 2.24. The minimum atomic E-state index is 0.205. The molecular weight excluding hydrogens is 228 g/mol. The van der Waals surface area contributed by atoms with E-state index in [2.05, 4.69) is 15.2 Å². The maximum Gasteiger partial charge on any atom is 0.227 e. The largest absolute Gasteiger partial charge is 0.312 e. The first-order valence-corrected chi connectivity index (χ1v) is 6.04. The lowest BCUT2D eigenvalue weighted by Gasteiger charge is -2.15. The molecule has 1 aromatic carbocycles. The van der Waals surface area contributed by atoms with E-state index in [-0.39, 0.29) is 5.91 Å². The molecule has 0 aliphatic carbocycles. The zero-order valence-corrected chi connectivity index (χ0v) is 10.2. The first-order valence-electron chi connectivity index (χ1n) is 6.04. The number of rotatable bonds is 2. The standard InChI is InChI=1S/C13H14N4O/c1-9-14-13(16-15-9)10-4-6-11(7-5-10)17-8-2-3-12(17)18/h4-7H,2-3,8H2,1H3,(H,14,15,16). The molecule has 0 atom stereocenters. The van der Waals surface area contributed by atoms with Crippen LogP contribution in [0.5, 0.6) is 0 Å². The SMILES string of the molecule is Cc1nc(-c2ccc(N3CCCC3=O)cc2)n[nH]1. The summed E-state index contributed by atoms with van der Waals surface area (Å²) >= 11 is 0. The van der Waals surface area contributed by atoms with Crippen LogP contribution >= 0.6 is 0 Å². The summed E-state index contributed by atoms with van der Waals surface area (Å²) in [5.74, 6) is 1.69. The molecule has 0 bridgehead atoms. The Balaban J connectivity index is 1.87. The number of carbonyl (C=O) groups is 1. The molecule has 0 unspecified atom stereocenters. The molecule has 1 saturated heterocycles. The normalized spacial score (nSPS) is 15.4. The summed E-state index contributed by atoms with van der Waals surface area (Å²) < 4.78 is 0. The van der Waals surface area contributed by atoms with Gasteiger partial charge in [0, 0.05) is 24.2 Å². The van der Waals surface area contributed by atoms with Gasteiger partial charge in [-0.25, -0.2) is 4.98 Å². The topological polar surface area (TPSA) is 61.9 Å². The fourth-order valence-corrected chi connectivity index (χ4v) is 2.18. The smallest absolute Gasteiger partial charge is 0.227 e. The lowest BCUT2D eigenvalue weighted by molar-refractivity contribution is -0.117. The molecule has 3 rings (SSSR count). The summed E-state index contributed by atoms with van der Waals surface area (Å²) in [4.78, 5) is 17.7. The Morgan fingerprint density at radius 2 is 2.06 bits per heavy atom. The van der Waals surface area contributed by atoms with Crippen molar-refractivity contribution in [1.82, 2.24) is 15.2 Å². The molecule has 1 aliphatic rings. The fraction of sp³-hybridized carbons (Fsp3) is 0.308. The number of nitrogens with one attached hydrogen (secondary N) is 1. The number of anilines is 1. The van der Waals surface area contributed by atoms with E-state index < -0.39 is 0 Å². The molecule has 2 heterocycles. The van der Waals surface area contributed by atoms with E-state index in [4.69, 9.17) is 0 Å². The summed E-state index contributed by atoms with van der Waals surface area (Å²) in [7, 11) is 0. The van der Waals surface area contributed by atoms with Crippen LogP contribution in [0.2, 0.25) is 0 Å². The predicted molar refractivity (Wildman–Crippen MR) is 68.1 cm³/mol. The maximum absolute atomic E-state index is 11.6. The number of aryl methyl sites for hydroxylation is 1. The fourth-order valence-electron chi connectivity index (χ4n) is 2.18. The van der Waals surface area contributed by atoms with Gasteiger partial charge in [0.2, 0.25) is 5.91 Å². The summed E-state index contributed by atoms with van der Waals surface area (Å²) in [6.45, 7) is 2.69. The minimum absolute atomic E-state index is 0.205. The maximum atomic E-state index is 11.6. The van der Waals surface area contributed by atoms with Crippen molar-refractivity contribution in [2.45, 2.75) is 19.8 Å². The Kier molecular flexibility index (Phi) is 2.59. The van der Waals surface area contributed by atoms with Crippen LogP contribution in [0.1, 0.15) is 18.7 Å². The van der Waals surface area contributed by atoms with Crippen molar-refractivity contribution in [2.75, 3.05) is 11.4 Å². The Morgan fingerprint density at radius 3 is 2.61 bits per heavy atom. The van der Waals surface area contributed by atoms with Crippen LogP contribution in [0, 0.1) is 6.92 Å². The highest BCUT2D eigenvalue weighted by molar-refractivity contribution is 5.95. The molecule has 1 aromatic heterocycles. The lowest BCUT2D eigenvalue weighted by Crippen LogP contribution is -2.23. The molecule has 2 aromatic rings. The van der Waals surface area contributed by atoms with E-state index in [0.717, 1.165) is 30.0 Å². The highest BCUT2D eigenvalue weighted by atomic mass is 16.2. The van der Waals surface area contributed by atoms with E-state index in [9.17, 15) is 4.79 Å². The number of H-pyrrole nitrogens is 1. The van der Waals surface area contributed by atoms with Crippen LogP contribution in [0.4, 0.5) is 5.69 Å². The van der Waals surface area contributed by atoms with Gasteiger partial charge in [-0.05, 0) is 37.6 Å². The number of hydrogen-bond donors (Lipinski definition) is 1. The number of aromatic nitrogens is 3. The van der Waals surface area contributed by atoms with E-state index >= 15 is 0 Å². The van der Waals surface area contributed by atoms with E-state index in [1.807, 2.05) is 36.1 Å². The van der Waals surface area contributed by atoms with Gasteiger partial charge in [-0.2, -0.15) is 5.10 Å².